The minimum Gasteiger partial charge on any atom is -0.317 e. The van der Waals surface area contributed by atoms with E-state index in [2.05, 4.69) is 31.2 Å². The summed E-state index contributed by atoms with van der Waals surface area (Å²) in [4.78, 5) is 2.55. The molecule has 0 bridgehead atoms. The van der Waals surface area contributed by atoms with Crippen LogP contribution in [-0.4, -0.2) is 37.6 Å². The Morgan fingerprint density at radius 2 is 2.14 bits per heavy atom. The van der Waals surface area contributed by atoms with E-state index in [-0.39, 0.29) is 0 Å². The molecule has 14 heavy (non-hydrogen) atoms. The van der Waals surface area contributed by atoms with Crippen molar-refractivity contribution >= 4 is 0 Å². The van der Waals surface area contributed by atoms with Gasteiger partial charge in [-0.25, -0.2) is 0 Å². The predicted octanol–water partition coefficient (Wildman–Crippen LogP) is 2.25. The van der Waals surface area contributed by atoms with Crippen molar-refractivity contribution < 1.29 is 0 Å². The smallest absolute Gasteiger partial charge is 0.00922 e. The summed E-state index contributed by atoms with van der Waals surface area (Å²) in [5, 5.41) is 3.36. The lowest BCUT2D eigenvalue weighted by molar-refractivity contribution is 0.156. The van der Waals surface area contributed by atoms with E-state index < -0.39 is 0 Å². The molecule has 0 heterocycles. The van der Waals surface area contributed by atoms with Crippen LogP contribution in [0.15, 0.2) is 0 Å². The maximum Gasteiger partial charge on any atom is 0.00922 e. The Balaban J connectivity index is 2.01. The number of nitrogens with one attached hydrogen (secondary N) is 1. The van der Waals surface area contributed by atoms with E-state index in [1.807, 2.05) is 0 Å². The molecule has 1 aliphatic rings. The van der Waals surface area contributed by atoms with Crippen LogP contribution in [0.4, 0.5) is 0 Å². The second kappa shape index (κ2) is 6.41. The molecular weight excluding hydrogens is 172 g/mol. The van der Waals surface area contributed by atoms with Crippen LogP contribution in [0.25, 0.3) is 0 Å². The molecule has 1 atom stereocenters. The summed E-state index contributed by atoms with van der Waals surface area (Å²) < 4.78 is 0. The highest BCUT2D eigenvalue weighted by Gasteiger charge is 2.21. The third-order valence-corrected chi connectivity index (χ3v) is 3.66. The van der Waals surface area contributed by atoms with Crippen LogP contribution in [0.2, 0.25) is 0 Å². The second-order valence-electron chi connectivity index (χ2n) is 4.60. The van der Waals surface area contributed by atoms with Crippen LogP contribution in [0.1, 0.15) is 45.4 Å². The van der Waals surface area contributed by atoms with Crippen LogP contribution < -0.4 is 5.32 Å². The van der Waals surface area contributed by atoms with Gasteiger partial charge in [-0.1, -0.05) is 13.3 Å². The van der Waals surface area contributed by atoms with E-state index in [1.54, 1.807) is 0 Å². The molecule has 0 aliphatic heterocycles. The van der Waals surface area contributed by atoms with Crippen molar-refractivity contribution in [1.29, 1.82) is 0 Å². The van der Waals surface area contributed by atoms with Gasteiger partial charge in [0, 0.05) is 12.1 Å². The fourth-order valence-electron chi connectivity index (χ4n) is 2.15. The SMILES string of the molecule is CCC(CCCN(C)C1CCC1)NC. The molecule has 0 radical (unpaired) electrons. The number of nitrogens with zero attached hydrogens (tertiary/aromatic N) is 1. The lowest BCUT2D eigenvalue weighted by Crippen LogP contribution is -2.38. The molecule has 0 aromatic carbocycles. The maximum atomic E-state index is 3.36. The summed E-state index contributed by atoms with van der Waals surface area (Å²) >= 11 is 0. The molecule has 1 N–H and O–H groups in total. The van der Waals surface area contributed by atoms with Crippen LogP contribution in [0.3, 0.4) is 0 Å². The molecule has 0 amide bonds. The minimum atomic E-state index is 0.727. The van der Waals surface area contributed by atoms with E-state index in [1.165, 1.54) is 45.1 Å². The molecule has 2 nitrogen and oxygen atoms in total. The highest BCUT2D eigenvalue weighted by molar-refractivity contribution is 4.78. The summed E-state index contributed by atoms with van der Waals surface area (Å²) in [6.45, 7) is 3.54. The zero-order chi connectivity index (χ0) is 10.4. The Bertz CT molecular complexity index is 139. The van der Waals surface area contributed by atoms with Crippen molar-refractivity contribution in [2.24, 2.45) is 0 Å². The largest absolute Gasteiger partial charge is 0.317 e. The summed E-state index contributed by atoms with van der Waals surface area (Å²) in [6.07, 6.45) is 8.22. The summed E-state index contributed by atoms with van der Waals surface area (Å²) in [6, 6.07) is 1.63. The van der Waals surface area contributed by atoms with Crippen molar-refractivity contribution in [3.05, 3.63) is 0 Å². The van der Waals surface area contributed by atoms with E-state index in [0.29, 0.717) is 0 Å². The summed E-state index contributed by atoms with van der Waals surface area (Å²) in [7, 11) is 4.36. The van der Waals surface area contributed by atoms with Gasteiger partial charge in [0.15, 0.2) is 0 Å². The standard InChI is InChI=1S/C12H26N2/c1-4-11(13-2)7-6-10-14(3)12-8-5-9-12/h11-13H,4-10H2,1-3H3. The van der Waals surface area contributed by atoms with Crippen LogP contribution in [-0.2, 0) is 0 Å². The summed E-state index contributed by atoms with van der Waals surface area (Å²) in [5.74, 6) is 0. The molecule has 84 valence electrons. The van der Waals surface area contributed by atoms with Crippen molar-refractivity contribution in [1.82, 2.24) is 10.2 Å². The molecule has 1 saturated carbocycles. The van der Waals surface area contributed by atoms with Gasteiger partial charge in [-0.2, -0.15) is 0 Å². The molecule has 1 aliphatic carbocycles. The van der Waals surface area contributed by atoms with Gasteiger partial charge in [0.2, 0.25) is 0 Å². The molecular formula is C12H26N2. The Labute approximate surface area is 89.1 Å². The van der Waals surface area contributed by atoms with Gasteiger partial charge >= 0.3 is 0 Å². The third-order valence-electron chi connectivity index (χ3n) is 3.66. The van der Waals surface area contributed by atoms with Gasteiger partial charge in [0.05, 0.1) is 0 Å². The lowest BCUT2D eigenvalue weighted by atomic mass is 9.91. The molecule has 0 saturated heterocycles. The highest BCUT2D eigenvalue weighted by atomic mass is 15.1. The third kappa shape index (κ3) is 3.58. The van der Waals surface area contributed by atoms with Gasteiger partial charge in [-0.15, -0.1) is 0 Å². The second-order valence-corrected chi connectivity index (χ2v) is 4.60. The minimum absolute atomic E-state index is 0.727. The van der Waals surface area contributed by atoms with Gasteiger partial charge in [-0.05, 0) is 52.7 Å². The van der Waals surface area contributed by atoms with Crippen LogP contribution >= 0.6 is 0 Å². The molecule has 0 aromatic heterocycles. The van der Waals surface area contributed by atoms with Crippen LogP contribution in [0, 0.1) is 0 Å². The molecule has 1 rings (SSSR count). The molecule has 1 fully saturated rings. The maximum absolute atomic E-state index is 3.36. The average Bonchev–Trinajstić information content (AvgIpc) is 2.09. The molecule has 1 unspecified atom stereocenters. The molecule has 2 heteroatoms. The van der Waals surface area contributed by atoms with Gasteiger partial charge < -0.3 is 10.2 Å². The zero-order valence-electron chi connectivity index (χ0n) is 10.1. The van der Waals surface area contributed by atoms with Gasteiger partial charge in [0.1, 0.15) is 0 Å². The number of rotatable bonds is 7. The van der Waals surface area contributed by atoms with E-state index >= 15 is 0 Å². The average molecular weight is 198 g/mol. The lowest BCUT2D eigenvalue weighted by Gasteiger charge is -2.35. The Hall–Kier alpha value is -0.0800. The fourth-order valence-corrected chi connectivity index (χ4v) is 2.15. The predicted molar refractivity (Wildman–Crippen MR) is 62.6 cm³/mol. The van der Waals surface area contributed by atoms with E-state index in [9.17, 15) is 0 Å². The van der Waals surface area contributed by atoms with Gasteiger partial charge in [-0.3, -0.25) is 0 Å². The van der Waals surface area contributed by atoms with Crippen molar-refractivity contribution in [3.8, 4) is 0 Å². The quantitative estimate of drug-likeness (QED) is 0.675. The Kier molecular flexibility index (Phi) is 5.49. The first-order valence-corrected chi connectivity index (χ1v) is 6.15. The zero-order valence-corrected chi connectivity index (χ0v) is 10.1. The normalized spacial score (nSPS) is 19.7. The summed E-state index contributed by atoms with van der Waals surface area (Å²) in [5.41, 5.74) is 0. The monoisotopic (exact) mass is 198 g/mol. The Morgan fingerprint density at radius 1 is 1.43 bits per heavy atom. The first-order chi connectivity index (χ1) is 6.77. The topological polar surface area (TPSA) is 15.3 Å². The van der Waals surface area contributed by atoms with Crippen molar-refractivity contribution in [2.75, 3.05) is 20.6 Å². The Morgan fingerprint density at radius 3 is 2.57 bits per heavy atom. The first kappa shape index (κ1) is 12.0. The van der Waals surface area contributed by atoms with Gasteiger partial charge in [0.25, 0.3) is 0 Å². The van der Waals surface area contributed by atoms with E-state index in [4.69, 9.17) is 0 Å². The highest BCUT2D eigenvalue weighted by Crippen LogP contribution is 2.23. The van der Waals surface area contributed by atoms with Crippen molar-refractivity contribution in [2.45, 2.75) is 57.5 Å². The van der Waals surface area contributed by atoms with Crippen molar-refractivity contribution in [3.63, 3.8) is 0 Å². The number of hydrogen-bond acceptors (Lipinski definition) is 2. The molecule has 0 spiro atoms. The van der Waals surface area contributed by atoms with E-state index in [0.717, 1.165) is 12.1 Å². The fraction of sp³-hybridized carbons (Fsp3) is 1.00. The number of hydrogen-bond donors (Lipinski definition) is 1. The first-order valence-electron chi connectivity index (χ1n) is 6.15. The van der Waals surface area contributed by atoms with Crippen LogP contribution in [0.5, 0.6) is 0 Å². The molecule has 0 aromatic rings.